The van der Waals surface area contributed by atoms with E-state index in [9.17, 15) is 9.59 Å². The van der Waals surface area contributed by atoms with Crippen molar-refractivity contribution >= 4 is 23.2 Å². The predicted octanol–water partition coefficient (Wildman–Crippen LogP) is 1.86. The van der Waals surface area contributed by atoms with Gasteiger partial charge in [-0.05, 0) is 19.8 Å². The van der Waals surface area contributed by atoms with Crippen molar-refractivity contribution in [2.75, 3.05) is 0 Å². The van der Waals surface area contributed by atoms with E-state index in [1.807, 2.05) is 26.2 Å². The van der Waals surface area contributed by atoms with E-state index in [4.69, 9.17) is 0 Å². The zero-order chi connectivity index (χ0) is 14.7. The standard InChI is InChI=1S/C14H21N3O2S/c1-4-6-11-14(19)17(12(5-2)13(18)16-11)7-10-8-20-9(3)15-10/h8,11-12H,4-7H2,1-3H3,(H,16,18). The fourth-order valence-corrected chi connectivity index (χ4v) is 3.16. The van der Waals surface area contributed by atoms with Crippen molar-refractivity contribution in [2.24, 2.45) is 0 Å². The lowest BCUT2D eigenvalue weighted by Gasteiger charge is -2.38. The van der Waals surface area contributed by atoms with Crippen LogP contribution in [0.1, 0.15) is 43.8 Å². The molecule has 1 aromatic heterocycles. The molecule has 2 rings (SSSR count). The number of aromatic nitrogens is 1. The highest BCUT2D eigenvalue weighted by Crippen LogP contribution is 2.19. The average molecular weight is 295 g/mol. The number of hydrogen-bond donors (Lipinski definition) is 1. The molecule has 5 nitrogen and oxygen atoms in total. The Kier molecular flexibility index (Phi) is 4.75. The first-order valence-corrected chi connectivity index (χ1v) is 7.96. The molecule has 1 aliphatic heterocycles. The summed E-state index contributed by atoms with van der Waals surface area (Å²) in [7, 11) is 0. The van der Waals surface area contributed by atoms with Gasteiger partial charge < -0.3 is 10.2 Å². The number of amides is 2. The normalized spacial score (nSPS) is 23.1. The Morgan fingerprint density at radius 2 is 2.15 bits per heavy atom. The number of thiazole rings is 1. The highest BCUT2D eigenvalue weighted by Gasteiger charge is 2.39. The summed E-state index contributed by atoms with van der Waals surface area (Å²) in [5, 5.41) is 5.77. The van der Waals surface area contributed by atoms with Crippen LogP contribution in [0.25, 0.3) is 0 Å². The van der Waals surface area contributed by atoms with Gasteiger partial charge in [-0.15, -0.1) is 11.3 Å². The Labute approximate surface area is 123 Å². The second kappa shape index (κ2) is 6.35. The summed E-state index contributed by atoms with van der Waals surface area (Å²) in [6.07, 6.45) is 2.18. The van der Waals surface area contributed by atoms with Crippen LogP contribution in [0.2, 0.25) is 0 Å². The van der Waals surface area contributed by atoms with Crippen LogP contribution < -0.4 is 5.32 Å². The molecule has 0 bridgehead atoms. The second-order valence-corrected chi connectivity index (χ2v) is 6.16. The van der Waals surface area contributed by atoms with Crippen LogP contribution in [-0.2, 0) is 16.1 Å². The lowest BCUT2D eigenvalue weighted by Crippen LogP contribution is -2.62. The summed E-state index contributed by atoms with van der Waals surface area (Å²) < 4.78 is 0. The molecule has 1 aromatic rings. The Morgan fingerprint density at radius 3 is 2.70 bits per heavy atom. The summed E-state index contributed by atoms with van der Waals surface area (Å²) in [6, 6.07) is -0.757. The molecule has 1 N–H and O–H groups in total. The van der Waals surface area contributed by atoms with Crippen molar-refractivity contribution in [3.8, 4) is 0 Å². The van der Waals surface area contributed by atoms with Crippen LogP contribution in [0.4, 0.5) is 0 Å². The van der Waals surface area contributed by atoms with Gasteiger partial charge in [0.1, 0.15) is 12.1 Å². The smallest absolute Gasteiger partial charge is 0.246 e. The lowest BCUT2D eigenvalue weighted by atomic mass is 10.0. The SMILES string of the molecule is CCCC1NC(=O)C(CC)N(Cc2csc(C)n2)C1=O. The molecule has 2 amide bonds. The fraction of sp³-hybridized carbons (Fsp3) is 0.643. The minimum Gasteiger partial charge on any atom is -0.343 e. The van der Waals surface area contributed by atoms with Gasteiger partial charge in [-0.25, -0.2) is 4.98 Å². The molecule has 2 unspecified atom stereocenters. The van der Waals surface area contributed by atoms with E-state index in [1.54, 1.807) is 16.2 Å². The zero-order valence-corrected chi connectivity index (χ0v) is 13.0. The molecule has 0 aliphatic carbocycles. The Morgan fingerprint density at radius 1 is 1.40 bits per heavy atom. The number of rotatable bonds is 5. The first-order chi connectivity index (χ1) is 9.56. The maximum Gasteiger partial charge on any atom is 0.246 e. The Bertz CT molecular complexity index is 500. The maximum atomic E-state index is 12.5. The number of aryl methyl sites for hydroxylation is 1. The summed E-state index contributed by atoms with van der Waals surface area (Å²) >= 11 is 1.57. The summed E-state index contributed by atoms with van der Waals surface area (Å²) in [6.45, 7) is 6.31. The van der Waals surface area contributed by atoms with E-state index in [0.717, 1.165) is 17.1 Å². The van der Waals surface area contributed by atoms with Crippen molar-refractivity contribution in [3.63, 3.8) is 0 Å². The third kappa shape index (κ3) is 3.00. The molecule has 20 heavy (non-hydrogen) atoms. The minimum atomic E-state index is -0.380. The molecule has 110 valence electrons. The van der Waals surface area contributed by atoms with Gasteiger partial charge in [-0.3, -0.25) is 9.59 Å². The molecule has 1 fully saturated rings. The van der Waals surface area contributed by atoms with Crippen LogP contribution in [0, 0.1) is 6.92 Å². The van der Waals surface area contributed by atoms with Crippen LogP contribution in [0.3, 0.4) is 0 Å². The number of hydrogen-bond acceptors (Lipinski definition) is 4. The van der Waals surface area contributed by atoms with Crippen molar-refractivity contribution in [1.82, 2.24) is 15.2 Å². The quantitative estimate of drug-likeness (QED) is 0.902. The first kappa shape index (κ1) is 15.0. The van der Waals surface area contributed by atoms with Gasteiger partial charge in [0.15, 0.2) is 0 Å². The third-order valence-electron chi connectivity index (χ3n) is 3.54. The van der Waals surface area contributed by atoms with E-state index in [2.05, 4.69) is 10.3 Å². The minimum absolute atomic E-state index is 0.0175. The van der Waals surface area contributed by atoms with Crippen molar-refractivity contribution in [3.05, 3.63) is 16.1 Å². The number of piperazine rings is 1. The number of carbonyl (C=O) groups excluding carboxylic acids is 2. The molecule has 1 aliphatic rings. The van der Waals surface area contributed by atoms with E-state index in [0.29, 0.717) is 19.4 Å². The van der Waals surface area contributed by atoms with E-state index in [1.165, 1.54) is 0 Å². The molecule has 2 heterocycles. The summed E-state index contributed by atoms with van der Waals surface area (Å²) in [5.74, 6) is -0.0264. The summed E-state index contributed by atoms with van der Waals surface area (Å²) in [4.78, 5) is 30.8. The Hall–Kier alpha value is -1.43. The summed E-state index contributed by atoms with van der Waals surface area (Å²) in [5.41, 5.74) is 0.865. The fourth-order valence-electron chi connectivity index (χ4n) is 2.56. The highest BCUT2D eigenvalue weighted by molar-refractivity contribution is 7.09. The molecule has 2 atom stereocenters. The third-order valence-corrected chi connectivity index (χ3v) is 4.36. The predicted molar refractivity (Wildman–Crippen MR) is 78.3 cm³/mol. The number of carbonyl (C=O) groups is 2. The van der Waals surface area contributed by atoms with Crippen LogP contribution in [0.5, 0.6) is 0 Å². The van der Waals surface area contributed by atoms with Crippen molar-refractivity contribution in [1.29, 1.82) is 0 Å². The molecule has 0 aromatic carbocycles. The lowest BCUT2D eigenvalue weighted by molar-refractivity contribution is -0.150. The molecule has 6 heteroatoms. The molecule has 0 radical (unpaired) electrons. The number of nitrogens with one attached hydrogen (secondary N) is 1. The van der Waals surface area contributed by atoms with Crippen LogP contribution in [-0.4, -0.2) is 33.8 Å². The van der Waals surface area contributed by atoms with Gasteiger partial charge in [0, 0.05) is 5.38 Å². The first-order valence-electron chi connectivity index (χ1n) is 7.08. The molecular weight excluding hydrogens is 274 g/mol. The largest absolute Gasteiger partial charge is 0.343 e. The zero-order valence-electron chi connectivity index (χ0n) is 12.2. The topological polar surface area (TPSA) is 62.3 Å². The van der Waals surface area contributed by atoms with Gasteiger partial charge in [0.25, 0.3) is 0 Å². The maximum absolute atomic E-state index is 12.5. The van der Waals surface area contributed by atoms with Crippen molar-refractivity contribution < 1.29 is 9.59 Å². The Balaban J connectivity index is 2.19. The second-order valence-electron chi connectivity index (χ2n) is 5.10. The van der Waals surface area contributed by atoms with E-state index < -0.39 is 0 Å². The molecule has 1 saturated heterocycles. The van der Waals surface area contributed by atoms with Gasteiger partial charge in [0.2, 0.25) is 11.8 Å². The molecule has 0 spiro atoms. The van der Waals surface area contributed by atoms with Gasteiger partial charge >= 0.3 is 0 Å². The average Bonchev–Trinajstić information content (AvgIpc) is 2.81. The van der Waals surface area contributed by atoms with Crippen LogP contribution in [0.15, 0.2) is 5.38 Å². The van der Waals surface area contributed by atoms with Gasteiger partial charge in [0.05, 0.1) is 17.2 Å². The van der Waals surface area contributed by atoms with Gasteiger partial charge in [-0.1, -0.05) is 20.3 Å². The van der Waals surface area contributed by atoms with Crippen molar-refractivity contribution in [2.45, 2.75) is 58.7 Å². The highest BCUT2D eigenvalue weighted by atomic mass is 32.1. The monoisotopic (exact) mass is 295 g/mol. The van der Waals surface area contributed by atoms with Gasteiger partial charge in [-0.2, -0.15) is 0 Å². The number of nitrogens with zero attached hydrogens (tertiary/aromatic N) is 2. The molecular formula is C14H21N3O2S. The van der Waals surface area contributed by atoms with Crippen LogP contribution >= 0.6 is 11.3 Å². The molecule has 0 saturated carbocycles. The van der Waals surface area contributed by atoms with E-state index in [-0.39, 0.29) is 23.9 Å². The van der Waals surface area contributed by atoms with E-state index >= 15 is 0 Å².